The molecule has 0 unspecified atom stereocenters. The molecule has 2 aromatic rings. The highest BCUT2D eigenvalue weighted by molar-refractivity contribution is 5.92. The molecule has 21 heavy (non-hydrogen) atoms. The van der Waals surface area contributed by atoms with E-state index in [2.05, 4.69) is 0 Å². The quantitative estimate of drug-likeness (QED) is 0.898. The molecule has 0 aromatic heterocycles. The minimum absolute atomic E-state index is 0.000553. The van der Waals surface area contributed by atoms with Crippen LogP contribution in [0.5, 0.6) is 23.0 Å². The average Bonchev–Trinajstić information content (AvgIpc) is 2.91. The third-order valence-electron chi connectivity index (χ3n) is 3.01. The van der Waals surface area contributed by atoms with Gasteiger partial charge in [0.25, 0.3) is 0 Å². The van der Waals surface area contributed by atoms with Crippen molar-refractivity contribution in [1.82, 2.24) is 0 Å². The lowest BCUT2D eigenvalue weighted by atomic mass is 10.1. The first-order valence-electron chi connectivity index (χ1n) is 6.21. The molecule has 6 nitrogen and oxygen atoms in total. The van der Waals surface area contributed by atoms with Gasteiger partial charge in [-0.05, 0) is 17.7 Å². The minimum Gasteiger partial charge on any atom is -0.508 e. The standard InChI is InChI=1S/C15H12O6/c16-10-3-1-2-9(4-10)7-19-12-6-14-13(20-8-21-14)5-11(12)15(17)18/h1-6,16H,7-8H2,(H,17,18). The Bertz CT molecular complexity index is 695. The summed E-state index contributed by atoms with van der Waals surface area (Å²) in [5.74, 6) is 0.0394. The van der Waals surface area contributed by atoms with Gasteiger partial charge in [-0.15, -0.1) is 0 Å². The van der Waals surface area contributed by atoms with E-state index < -0.39 is 5.97 Å². The zero-order valence-corrected chi connectivity index (χ0v) is 10.9. The monoisotopic (exact) mass is 288 g/mol. The van der Waals surface area contributed by atoms with Gasteiger partial charge >= 0.3 is 5.97 Å². The van der Waals surface area contributed by atoms with E-state index in [0.29, 0.717) is 11.5 Å². The number of fused-ring (bicyclic) bond motifs is 1. The molecule has 0 saturated carbocycles. The summed E-state index contributed by atoms with van der Waals surface area (Å²) in [5.41, 5.74) is 0.725. The van der Waals surface area contributed by atoms with Crippen LogP contribution in [0.15, 0.2) is 36.4 Å². The largest absolute Gasteiger partial charge is 0.508 e. The number of phenolic OH excluding ortho intramolecular Hbond substituents is 1. The molecule has 0 atom stereocenters. The molecule has 6 heteroatoms. The van der Waals surface area contributed by atoms with E-state index in [1.165, 1.54) is 12.1 Å². The van der Waals surface area contributed by atoms with E-state index in [1.54, 1.807) is 24.3 Å². The van der Waals surface area contributed by atoms with Crippen LogP contribution in [-0.4, -0.2) is 23.0 Å². The van der Waals surface area contributed by atoms with Crippen LogP contribution in [0.3, 0.4) is 0 Å². The van der Waals surface area contributed by atoms with Crippen molar-refractivity contribution < 1.29 is 29.2 Å². The van der Waals surface area contributed by atoms with Crippen LogP contribution < -0.4 is 14.2 Å². The number of rotatable bonds is 4. The molecule has 1 aliphatic heterocycles. The number of carboxylic acids is 1. The second kappa shape index (κ2) is 5.24. The second-order valence-electron chi connectivity index (χ2n) is 4.47. The minimum atomic E-state index is -1.11. The fourth-order valence-electron chi connectivity index (χ4n) is 2.02. The molecule has 0 radical (unpaired) electrons. The summed E-state index contributed by atoms with van der Waals surface area (Å²) in [6.45, 7) is 0.193. The fourth-order valence-corrected chi connectivity index (χ4v) is 2.02. The van der Waals surface area contributed by atoms with Crippen LogP contribution in [0.1, 0.15) is 15.9 Å². The Morgan fingerprint density at radius 2 is 1.95 bits per heavy atom. The van der Waals surface area contributed by atoms with Gasteiger partial charge in [-0.1, -0.05) is 12.1 Å². The molecular formula is C15H12O6. The molecular weight excluding hydrogens is 276 g/mol. The van der Waals surface area contributed by atoms with Gasteiger partial charge in [-0.25, -0.2) is 4.79 Å². The normalized spacial score (nSPS) is 12.2. The van der Waals surface area contributed by atoms with Crippen LogP contribution in [0.2, 0.25) is 0 Å². The summed E-state index contributed by atoms with van der Waals surface area (Å²) in [7, 11) is 0. The SMILES string of the molecule is O=C(O)c1cc2c(cc1OCc1cccc(O)c1)OCO2. The van der Waals surface area contributed by atoms with Crippen molar-refractivity contribution in [3.63, 3.8) is 0 Å². The van der Waals surface area contributed by atoms with Crippen LogP contribution in [0, 0.1) is 0 Å². The van der Waals surface area contributed by atoms with Gasteiger partial charge < -0.3 is 24.4 Å². The first kappa shape index (κ1) is 13.1. The number of benzene rings is 2. The summed E-state index contributed by atoms with van der Waals surface area (Å²) >= 11 is 0. The van der Waals surface area contributed by atoms with Gasteiger partial charge in [0.1, 0.15) is 23.7 Å². The Labute approximate surface area is 120 Å². The molecule has 1 heterocycles. The molecule has 2 aromatic carbocycles. The number of aromatic carboxylic acids is 1. The van der Waals surface area contributed by atoms with Crippen molar-refractivity contribution in [1.29, 1.82) is 0 Å². The Balaban J connectivity index is 1.86. The Kier molecular flexibility index (Phi) is 3.27. The molecule has 0 aliphatic carbocycles. The topological polar surface area (TPSA) is 85.2 Å². The molecule has 0 spiro atoms. The zero-order chi connectivity index (χ0) is 14.8. The van der Waals surface area contributed by atoms with Crippen molar-refractivity contribution in [3.8, 4) is 23.0 Å². The van der Waals surface area contributed by atoms with E-state index in [1.807, 2.05) is 0 Å². The van der Waals surface area contributed by atoms with Crippen molar-refractivity contribution >= 4 is 5.97 Å². The van der Waals surface area contributed by atoms with E-state index in [9.17, 15) is 15.0 Å². The van der Waals surface area contributed by atoms with Crippen molar-refractivity contribution in [2.24, 2.45) is 0 Å². The third-order valence-corrected chi connectivity index (χ3v) is 3.01. The lowest BCUT2D eigenvalue weighted by molar-refractivity contribution is 0.0691. The molecule has 0 fully saturated rings. The highest BCUT2D eigenvalue weighted by Crippen LogP contribution is 2.38. The summed E-state index contributed by atoms with van der Waals surface area (Å²) in [5, 5.41) is 18.6. The number of hydrogen-bond donors (Lipinski definition) is 2. The fraction of sp³-hybridized carbons (Fsp3) is 0.133. The zero-order valence-electron chi connectivity index (χ0n) is 10.9. The number of carbonyl (C=O) groups is 1. The number of aromatic hydroxyl groups is 1. The predicted molar refractivity (Wildman–Crippen MR) is 72.0 cm³/mol. The van der Waals surface area contributed by atoms with Gasteiger partial charge in [0.2, 0.25) is 6.79 Å². The average molecular weight is 288 g/mol. The first-order chi connectivity index (χ1) is 10.1. The molecule has 108 valence electrons. The predicted octanol–water partition coefficient (Wildman–Crippen LogP) is 2.40. The maximum atomic E-state index is 11.3. The van der Waals surface area contributed by atoms with Gasteiger partial charge in [-0.2, -0.15) is 0 Å². The number of ether oxygens (including phenoxy) is 3. The van der Waals surface area contributed by atoms with Crippen molar-refractivity contribution in [2.75, 3.05) is 6.79 Å². The number of carboxylic acid groups (broad SMARTS) is 1. The third kappa shape index (κ3) is 2.69. The van der Waals surface area contributed by atoms with E-state index in [0.717, 1.165) is 5.56 Å². The van der Waals surface area contributed by atoms with E-state index in [4.69, 9.17) is 14.2 Å². The smallest absolute Gasteiger partial charge is 0.339 e. The lowest BCUT2D eigenvalue weighted by Crippen LogP contribution is -2.03. The number of hydrogen-bond acceptors (Lipinski definition) is 5. The first-order valence-corrected chi connectivity index (χ1v) is 6.21. The maximum absolute atomic E-state index is 11.3. The van der Waals surface area contributed by atoms with Gasteiger partial charge in [-0.3, -0.25) is 0 Å². The second-order valence-corrected chi connectivity index (χ2v) is 4.47. The summed E-state index contributed by atoms with van der Waals surface area (Å²) in [6, 6.07) is 9.43. The van der Waals surface area contributed by atoms with Crippen LogP contribution in [0.4, 0.5) is 0 Å². The van der Waals surface area contributed by atoms with Crippen LogP contribution >= 0.6 is 0 Å². The molecule has 0 saturated heterocycles. The lowest BCUT2D eigenvalue weighted by Gasteiger charge is -2.10. The molecule has 0 bridgehead atoms. The Hall–Kier alpha value is -2.89. The molecule has 3 rings (SSSR count). The molecule has 0 amide bonds. The van der Waals surface area contributed by atoms with Crippen LogP contribution in [-0.2, 0) is 6.61 Å². The van der Waals surface area contributed by atoms with E-state index in [-0.39, 0.29) is 30.5 Å². The van der Waals surface area contributed by atoms with Crippen molar-refractivity contribution in [3.05, 3.63) is 47.5 Å². The Morgan fingerprint density at radius 1 is 1.19 bits per heavy atom. The molecule has 1 aliphatic rings. The summed E-state index contributed by atoms with van der Waals surface area (Å²) < 4.78 is 15.9. The maximum Gasteiger partial charge on any atom is 0.339 e. The molecule has 2 N–H and O–H groups in total. The number of phenols is 1. The van der Waals surface area contributed by atoms with Gasteiger partial charge in [0.05, 0.1) is 0 Å². The van der Waals surface area contributed by atoms with Crippen molar-refractivity contribution in [2.45, 2.75) is 6.61 Å². The Morgan fingerprint density at radius 3 is 2.67 bits per heavy atom. The van der Waals surface area contributed by atoms with E-state index >= 15 is 0 Å². The highest BCUT2D eigenvalue weighted by atomic mass is 16.7. The van der Waals surface area contributed by atoms with Gasteiger partial charge in [0.15, 0.2) is 11.5 Å². The summed E-state index contributed by atoms with van der Waals surface area (Å²) in [6.07, 6.45) is 0. The summed E-state index contributed by atoms with van der Waals surface area (Å²) in [4.78, 5) is 11.3. The van der Waals surface area contributed by atoms with Crippen LogP contribution in [0.25, 0.3) is 0 Å². The van der Waals surface area contributed by atoms with Gasteiger partial charge in [0, 0.05) is 12.1 Å². The highest BCUT2D eigenvalue weighted by Gasteiger charge is 2.21.